The third kappa shape index (κ3) is 4.23. The molecule has 0 atom stereocenters. The molecule has 0 unspecified atom stereocenters. The number of nitrogens with zero attached hydrogens (tertiary/aromatic N) is 2. The van der Waals surface area contributed by atoms with Gasteiger partial charge in [0.05, 0.1) is 5.75 Å². The van der Waals surface area contributed by atoms with Gasteiger partial charge in [-0.1, -0.05) is 6.42 Å². The Balaban J connectivity index is 1.68. The van der Waals surface area contributed by atoms with E-state index in [0.29, 0.717) is 25.0 Å². The van der Waals surface area contributed by atoms with Gasteiger partial charge in [-0.2, -0.15) is 0 Å². The summed E-state index contributed by atoms with van der Waals surface area (Å²) in [5.41, 5.74) is 0. The third-order valence-corrected chi connectivity index (χ3v) is 4.38. The summed E-state index contributed by atoms with van der Waals surface area (Å²) < 4.78 is 26.0. The Morgan fingerprint density at radius 3 is 2.61 bits per heavy atom. The van der Waals surface area contributed by atoms with E-state index in [0.717, 1.165) is 12.8 Å². The molecule has 2 N–H and O–H groups in total. The normalized spacial score (nSPS) is 16.2. The van der Waals surface area contributed by atoms with Crippen molar-refractivity contribution in [2.45, 2.75) is 19.3 Å². The standard InChI is InChI=1S/C11H18N4O2S/c16-18(17,15-9-10-3-1-4-10)8-7-14-11-12-5-2-6-13-11/h2,5-6,10,15H,1,3-4,7-9H2,(H,12,13,14). The monoisotopic (exact) mass is 270 g/mol. The molecule has 0 amide bonds. The first-order chi connectivity index (χ1) is 8.66. The molecule has 1 saturated carbocycles. The Hall–Kier alpha value is -1.21. The zero-order chi connectivity index (χ0) is 12.8. The Labute approximate surface area is 107 Å². The molecule has 1 aliphatic carbocycles. The van der Waals surface area contributed by atoms with Crippen molar-refractivity contribution < 1.29 is 8.42 Å². The number of sulfonamides is 1. The van der Waals surface area contributed by atoms with E-state index in [-0.39, 0.29) is 5.75 Å². The molecule has 1 heterocycles. The van der Waals surface area contributed by atoms with Gasteiger partial charge >= 0.3 is 0 Å². The highest BCUT2D eigenvalue weighted by Gasteiger charge is 2.19. The van der Waals surface area contributed by atoms with Crippen molar-refractivity contribution in [1.29, 1.82) is 0 Å². The van der Waals surface area contributed by atoms with Crippen LogP contribution in [0.25, 0.3) is 0 Å². The lowest BCUT2D eigenvalue weighted by Gasteiger charge is -2.25. The molecule has 6 nitrogen and oxygen atoms in total. The van der Waals surface area contributed by atoms with E-state index in [1.165, 1.54) is 6.42 Å². The van der Waals surface area contributed by atoms with Gasteiger partial charge in [0.15, 0.2) is 0 Å². The molecule has 2 rings (SSSR count). The van der Waals surface area contributed by atoms with Crippen LogP contribution in [0.3, 0.4) is 0 Å². The molecule has 0 aromatic carbocycles. The second-order valence-electron chi connectivity index (χ2n) is 4.46. The molecule has 1 aliphatic rings. The maximum atomic E-state index is 11.7. The SMILES string of the molecule is O=S(=O)(CCNc1ncccn1)NCC1CCC1. The van der Waals surface area contributed by atoms with Gasteiger partial charge in [-0.25, -0.2) is 23.1 Å². The topological polar surface area (TPSA) is 84.0 Å². The molecular weight excluding hydrogens is 252 g/mol. The van der Waals surface area contributed by atoms with Crippen LogP contribution >= 0.6 is 0 Å². The van der Waals surface area contributed by atoms with E-state index >= 15 is 0 Å². The summed E-state index contributed by atoms with van der Waals surface area (Å²) in [6.45, 7) is 0.883. The molecule has 100 valence electrons. The second kappa shape index (κ2) is 6.10. The van der Waals surface area contributed by atoms with Crippen molar-refractivity contribution in [2.24, 2.45) is 5.92 Å². The van der Waals surface area contributed by atoms with Gasteiger partial charge in [0.1, 0.15) is 0 Å². The minimum absolute atomic E-state index is 0.0397. The van der Waals surface area contributed by atoms with Crippen molar-refractivity contribution in [1.82, 2.24) is 14.7 Å². The summed E-state index contributed by atoms with van der Waals surface area (Å²) >= 11 is 0. The van der Waals surface area contributed by atoms with Crippen LogP contribution in [0.1, 0.15) is 19.3 Å². The van der Waals surface area contributed by atoms with Gasteiger partial charge in [0, 0.05) is 25.5 Å². The van der Waals surface area contributed by atoms with Crippen molar-refractivity contribution in [3.05, 3.63) is 18.5 Å². The van der Waals surface area contributed by atoms with Gasteiger partial charge in [0.25, 0.3) is 0 Å². The summed E-state index contributed by atoms with van der Waals surface area (Å²) in [6, 6.07) is 1.71. The highest BCUT2D eigenvalue weighted by Crippen LogP contribution is 2.25. The lowest BCUT2D eigenvalue weighted by Crippen LogP contribution is -2.35. The van der Waals surface area contributed by atoms with Crippen LogP contribution in [0.5, 0.6) is 0 Å². The Morgan fingerprint density at radius 1 is 1.28 bits per heavy atom. The molecule has 18 heavy (non-hydrogen) atoms. The Kier molecular flexibility index (Phi) is 4.48. The van der Waals surface area contributed by atoms with Crippen LogP contribution in [0.4, 0.5) is 5.95 Å². The van der Waals surface area contributed by atoms with Gasteiger partial charge in [-0.3, -0.25) is 0 Å². The first-order valence-electron chi connectivity index (χ1n) is 6.14. The molecular formula is C11H18N4O2S. The fourth-order valence-electron chi connectivity index (χ4n) is 1.70. The zero-order valence-electron chi connectivity index (χ0n) is 10.2. The van der Waals surface area contributed by atoms with Crippen LogP contribution in [-0.4, -0.2) is 37.2 Å². The van der Waals surface area contributed by atoms with E-state index < -0.39 is 10.0 Å². The lowest BCUT2D eigenvalue weighted by molar-refractivity contribution is 0.316. The second-order valence-corrected chi connectivity index (χ2v) is 6.39. The summed E-state index contributed by atoms with van der Waals surface area (Å²) in [6.07, 6.45) is 6.72. The number of anilines is 1. The average molecular weight is 270 g/mol. The maximum absolute atomic E-state index is 11.7. The summed E-state index contributed by atoms with van der Waals surface area (Å²) in [4.78, 5) is 7.91. The molecule has 0 radical (unpaired) electrons. The summed E-state index contributed by atoms with van der Waals surface area (Å²) in [5, 5.41) is 2.87. The molecule has 0 aliphatic heterocycles. The number of hydrogen-bond donors (Lipinski definition) is 2. The van der Waals surface area contributed by atoms with Gasteiger partial charge in [0.2, 0.25) is 16.0 Å². The predicted molar refractivity (Wildman–Crippen MR) is 69.7 cm³/mol. The van der Waals surface area contributed by atoms with E-state index in [2.05, 4.69) is 20.0 Å². The smallest absolute Gasteiger partial charge is 0.222 e. The van der Waals surface area contributed by atoms with Crippen molar-refractivity contribution in [3.8, 4) is 0 Å². The minimum Gasteiger partial charge on any atom is -0.353 e. The number of hydrogen-bond acceptors (Lipinski definition) is 5. The average Bonchev–Trinajstić information content (AvgIpc) is 2.28. The molecule has 0 saturated heterocycles. The van der Waals surface area contributed by atoms with Crippen molar-refractivity contribution in [2.75, 3.05) is 24.2 Å². The van der Waals surface area contributed by atoms with Gasteiger partial charge < -0.3 is 5.32 Å². The van der Waals surface area contributed by atoms with E-state index in [9.17, 15) is 8.42 Å². The van der Waals surface area contributed by atoms with Crippen molar-refractivity contribution in [3.63, 3.8) is 0 Å². The lowest BCUT2D eigenvalue weighted by atomic mass is 9.86. The van der Waals surface area contributed by atoms with Gasteiger partial charge in [-0.05, 0) is 24.8 Å². The van der Waals surface area contributed by atoms with Gasteiger partial charge in [-0.15, -0.1) is 0 Å². The van der Waals surface area contributed by atoms with Crippen molar-refractivity contribution >= 4 is 16.0 Å². The number of nitrogens with one attached hydrogen (secondary N) is 2. The largest absolute Gasteiger partial charge is 0.353 e. The first kappa shape index (κ1) is 13.2. The summed E-state index contributed by atoms with van der Waals surface area (Å²) in [5.74, 6) is 1.02. The Bertz CT molecular complexity index is 459. The van der Waals surface area contributed by atoms with Crippen LogP contribution in [0, 0.1) is 5.92 Å². The highest BCUT2D eigenvalue weighted by molar-refractivity contribution is 7.89. The predicted octanol–water partition coefficient (Wildman–Crippen LogP) is 0.608. The number of aromatic nitrogens is 2. The zero-order valence-corrected chi connectivity index (χ0v) is 11.0. The molecule has 1 aromatic rings. The maximum Gasteiger partial charge on any atom is 0.222 e. The summed E-state index contributed by atoms with van der Waals surface area (Å²) in [7, 11) is -3.19. The highest BCUT2D eigenvalue weighted by atomic mass is 32.2. The minimum atomic E-state index is -3.19. The van der Waals surface area contributed by atoms with Crippen LogP contribution < -0.4 is 10.0 Å². The van der Waals surface area contributed by atoms with Crippen LogP contribution in [-0.2, 0) is 10.0 Å². The third-order valence-electron chi connectivity index (χ3n) is 3.04. The van der Waals surface area contributed by atoms with Crippen LogP contribution in [0.15, 0.2) is 18.5 Å². The van der Waals surface area contributed by atoms with E-state index in [4.69, 9.17) is 0 Å². The number of rotatable bonds is 7. The first-order valence-corrected chi connectivity index (χ1v) is 7.79. The van der Waals surface area contributed by atoms with E-state index in [1.807, 2.05) is 0 Å². The van der Waals surface area contributed by atoms with E-state index in [1.54, 1.807) is 18.5 Å². The molecule has 1 fully saturated rings. The molecule has 7 heteroatoms. The molecule has 0 spiro atoms. The Morgan fingerprint density at radius 2 is 2.00 bits per heavy atom. The fourth-order valence-corrected chi connectivity index (χ4v) is 2.71. The molecule has 1 aromatic heterocycles. The molecule has 0 bridgehead atoms. The fraction of sp³-hybridized carbons (Fsp3) is 0.636. The quantitative estimate of drug-likeness (QED) is 0.758. The van der Waals surface area contributed by atoms with Crippen LogP contribution in [0.2, 0.25) is 0 Å².